The third-order valence-electron chi connectivity index (χ3n) is 4.55. The average molecular weight is 355 g/mol. The standard InChI is InChI=1S/C18H21N5O3/c1-12-15(13(2)26-22-12)5-6-17(24)23-9-3-4-14(11-23)25-18-16(10-19)20-7-8-21-18/h7-8,14H,3-6,9,11H2,1-2H3. The first-order valence-electron chi connectivity index (χ1n) is 8.65. The van der Waals surface area contributed by atoms with Crippen LogP contribution in [0.5, 0.6) is 5.88 Å². The first-order chi connectivity index (χ1) is 12.6. The molecule has 1 aliphatic rings. The number of ether oxygens (including phenoxy) is 1. The van der Waals surface area contributed by atoms with E-state index in [4.69, 9.17) is 14.5 Å². The average Bonchev–Trinajstić information content (AvgIpc) is 2.98. The number of carbonyl (C=O) groups excluding carboxylic acids is 1. The summed E-state index contributed by atoms with van der Waals surface area (Å²) in [6.07, 6.45) is 5.45. The molecule has 2 aromatic heterocycles. The van der Waals surface area contributed by atoms with Gasteiger partial charge in [-0.2, -0.15) is 5.26 Å². The molecule has 0 saturated carbocycles. The number of hydrogen-bond acceptors (Lipinski definition) is 7. The van der Waals surface area contributed by atoms with Gasteiger partial charge in [0.2, 0.25) is 11.6 Å². The van der Waals surface area contributed by atoms with E-state index >= 15 is 0 Å². The molecule has 1 amide bonds. The highest BCUT2D eigenvalue weighted by atomic mass is 16.5. The number of nitrogens with zero attached hydrogens (tertiary/aromatic N) is 5. The zero-order valence-electron chi connectivity index (χ0n) is 14.9. The van der Waals surface area contributed by atoms with Crippen LogP contribution in [0.2, 0.25) is 0 Å². The van der Waals surface area contributed by atoms with E-state index in [-0.39, 0.29) is 23.6 Å². The number of likely N-dealkylation sites (tertiary alicyclic amines) is 1. The van der Waals surface area contributed by atoms with E-state index in [2.05, 4.69) is 15.1 Å². The summed E-state index contributed by atoms with van der Waals surface area (Å²) >= 11 is 0. The van der Waals surface area contributed by atoms with Crippen molar-refractivity contribution >= 4 is 5.91 Å². The smallest absolute Gasteiger partial charge is 0.251 e. The second-order valence-electron chi connectivity index (χ2n) is 6.35. The Labute approximate surface area is 151 Å². The van der Waals surface area contributed by atoms with Crippen LogP contribution in [0.1, 0.15) is 42.0 Å². The minimum absolute atomic E-state index is 0.0814. The molecular weight excluding hydrogens is 334 g/mol. The third-order valence-corrected chi connectivity index (χ3v) is 4.55. The monoisotopic (exact) mass is 355 g/mol. The molecule has 0 bridgehead atoms. The van der Waals surface area contributed by atoms with Crippen molar-refractivity contribution in [2.45, 2.75) is 45.6 Å². The van der Waals surface area contributed by atoms with Crippen molar-refractivity contribution in [3.8, 4) is 11.9 Å². The summed E-state index contributed by atoms with van der Waals surface area (Å²) in [5.41, 5.74) is 2.00. The molecule has 1 fully saturated rings. The van der Waals surface area contributed by atoms with Crippen LogP contribution in [0, 0.1) is 25.2 Å². The topological polar surface area (TPSA) is 105 Å². The van der Waals surface area contributed by atoms with Gasteiger partial charge in [0.25, 0.3) is 5.88 Å². The zero-order chi connectivity index (χ0) is 18.5. The van der Waals surface area contributed by atoms with Crippen molar-refractivity contribution in [3.05, 3.63) is 35.1 Å². The number of rotatable bonds is 5. The molecule has 0 N–H and O–H groups in total. The molecule has 0 radical (unpaired) electrons. The molecule has 136 valence electrons. The largest absolute Gasteiger partial charge is 0.470 e. The highest BCUT2D eigenvalue weighted by Gasteiger charge is 2.26. The molecular formula is C18H21N5O3. The zero-order valence-corrected chi connectivity index (χ0v) is 14.9. The molecule has 26 heavy (non-hydrogen) atoms. The predicted octanol–water partition coefficient (Wildman–Crippen LogP) is 1.96. The van der Waals surface area contributed by atoms with E-state index < -0.39 is 0 Å². The number of hydrogen-bond donors (Lipinski definition) is 0. The normalized spacial score (nSPS) is 17.0. The van der Waals surface area contributed by atoms with Gasteiger partial charge in [0.05, 0.1) is 12.2 Å². The van der Waals surface area contributed by atoms with Crippen LogP contribution >= 0.6 is 0 Å². The molecule has 8 heteroatoms. The minimum atomic E-state index is -0.185. The summed E-state index contributed by atoms with van der Waals surface area (Å²) in [5.74, 6) is 1.07. The van der Waals surface area contributed by atoms with Crippen LogP contribution in [0.3, 0.4) is 0 Å². The van der Waals surface area contributed by atoms with Crippen molar-refractivity contribution in [2.24, 2.45) is 0 Å². The molecule has 3 heterocycles. The van der Waals surface area contributed by atoms with Crippen molar-refractivity contribution < 1.29 is 14.1 Å². The lowest BCUT2D eigenvalue weighted by Gasteiger charge is -2.32. The van der Waals surface area contributed by atoms with Crippen molar-refractivity contribution in [1.29, 1.82) is 5.26 Å². The minimum Gasteiger partial charge on any atom is -0.470 e. The number of amides is 1. The van der Waals surface area contributed by atoms with Gasteiger partial charge in [-0.1, -0.05) is 5.16 Å². The Morgan fingerprint density at radius 1 is 1.42 bits per heavy atom. The fraction of sp³-hybridized carbons (Fsp3) is 0.500. The molecule has 0 aromatic carbocycles. The van der Waals surface area contributed by atoms with Crippen molar-refractivity contribution in [3.63, 3.8) is 0 Å². The van der Waals surface area contributed by atoms with Gasteiger partial charge in [-0.15, -0.1) is 0 Å². The van der Waals surface area contributed by atoms with E-state index in [1.807, 2.05) is 24.8 Å². The fourth-order valence-corrected chi connectivity index (χ4v) is 3.16. The molecule has 0 aliphatic carbocycles. The van der Waals surface area contributed by atoms with Crippen LogP contribution in [0.25, 0.3) is 0 Å². The van der Waals surface area contributed by atoms with Crippen LogP contribution in [0.15, 0.2) is 16.9 Å². The first-order valence-corrected chi connectivity index (χ1v) is 8.65. The molecule has 8 nitrogen and oxygen atoms in total. The van der Waals surface area contributed by atoms with Gasteiger partial charge in [-0.25, -0.2) is 9.97 Å². The Balaban J connectivity index is 1.58. The molecule has 2 aromatic rings. The van der Waals surface area contributed by atoms with Crippen LogP contribution < -0.4 is 4.74 Å². The maximum atomic E-state index is 12.6. The predicted molar refractivity (Wildman–Crippen MR) is 91.3 cm³/mol. The van der Waals surface area contributed by atoms with Gasteiger partial charge < -0.3 is 14.2 Å². The Morgan fingerprint density at radius 3 is 2.96 bits per heavy atom. The fourth-order valence-electron chi connectivity index (χ4n) is 3.16. The Bertz CT molecular complexity index is 807. The van der Waals surface area contributed by atoms with E-state index in [0.717, 1.165) is 29.9 Å². The van der Waals surface area contributed by atoms with E-state index in [1.54, 1.807) is 0 Å². The summed E-state index contributed by atoms with van der Waals surface area (Å²) in [4.78, 5) is 22.4. The maximum Gasteiger partial charge on any atom is 0.251 e. The third kappa shape index (κ3) is 3.99. The molecule has 1 aliphatic heterocycles. The summed E-state index contributed by atoms with van der Waals surface area (Å²) in [5, 5.41) is 13.0. The second-order valence-corrected chi connectivity index (χ2v) is 6.35. The summed E-state index contributed by atoms with van der Waals surface area (Å²) in [7, 11) is 0. The number of carbonyl (C=O) groups is 1. The van der Waals surface area contributed by atoms with Crippen molar-refractivity contribution in [1.82, 2.24) is 20.0 Å². The Hall–Kier alpha value is -2.95. The lowest BCUT2D eigenvalue weighted by atomic mass is 10.1. The number of aromatic nitrogens is 3. The van der Waals surface area contributed by atoms with Gasteiger partial charge in [-0.3, -0.25) is 4.79 Å². The Morgan fingerprint density at radius 2 is 2.23 bits per heavy atom. The SMILES string of the molecule is Cc1noc(C)c1CCC(=O)N1CCCC(Oc2nccnc2C#N)C1. The lowest BCUT2D eigenvalue weighted by molar-refractivity contribution is -0.133. The van der Waals surface area contributed by atoms with Gasteiger partial charge in [0.1, 0.15) is 17.9 Å². The number of nitriles is 1. The highest BCUT2D eigenvalue weighted by Crippen LogP contribution is 2.20. The summed E-state index contributed by atoms with van der Waals surface area (Å²) in [6, 6.07) is 1.97. The molecule has 3 rings (SSSR count). The maximum absolute atomic E-state index is 12.6. The Kier molecular flexibility index (Phi) is 5.46. The molecule has 1 saturated heterocycles. The van der Waals surface area contributed by atoms with Crippen molar-refractivity contribution in [2.75, 3.05) is 13.1 Å². The lowest BCUT2D eigenvalue weighted by Crippen LogP contribution is -2.44. The van der Waals surface area contributed by atoms with Crippen LogP contribution in [0.4, 0.5) is 0 Å². The van der Waals surface area contributed by atoms with E-state index in [1.165, 1.54) is 12.4 Å². The summed E-state index contributed by atoms with van der Waals surface area (Å²) in [6.45, 7) is 4.95. The molecule has 1 unspecified atom stereocenters. The van der Waals surface area contributed by atoms with Crippen LogP contribution in [-0.2, 0) is 11.2 Å². The van der Waals surface area contributed by atoms with Gasteiger partial charge in [-0.05, 0) is 33.1 Å². The van der Waals surface area contributed by atoms with E-state index in [9.17, 15) is 4.79 Å². The highest BCUT2D eigenvalue weighted by molar-refractivity contribution is 5.76. The van der Waals surface area contributed by atoms with E-state index in [0.29, 0.717) is 25.9 Å². The van der Waals surface area contributed by atoms with Gasteiger partial charge in [0.15, 0.2) is 0 Å². The molecule has 1 atom stereocenters. The molecule has 0 spiro atoms. The summed E-state index contributed by atoms with van der Waals surface area (Å²) < 4.78 is 11.0. The number of piperidine rings is 1. The second kappa shape index (κ2) is 7.95. The number of aryl methyl sites for hydroxylation is 2. The first kappa shape index (κ1) is 17.9. The van der Waals surface area contributed by atoms with Crippen LogP contribution in [-0.4, -0.2) is 45.1 Å². The van der Waals surface area contributed by atoms with Gasteiger partial charge >= 0.3 is 0 Å². The quantitative estimate of drug-likeness (QED) is 0.807. The van der Waals surface area contributed by atoms with Gasteiger partial charge in [0, 0.05) is 30.9 Å².